The molecule has 29 heavy (non-hydrogen) atoms. The van der Waals surface area contributed by atoms with Crippen molar-refractivity contribution in [3.8, 4) is 5.75 Å². The second kappa shape index (κ2) is 9.47. The Morgan fingerprint density at radius 1 is 1.10 bits per heavy atom. The van der Waals surface area contributed by atoms with E-state index in [0.717, 1.165) is 36.8 Å². The molecular weight excluding hydrogens is 380 g/mol. The number of hydrogen-bond donors (Lipinski definition) is 2. The lowest BCUT2D eigenvalue weighted by atomic mass is 10.1. The zero-order chi connectivity index (χ0) is 20.8. The zero-order valence-corrected chi connectivity index (χ0v) is 16.2. The summed E-state index contributed by atoms with van der Waals surface area (Å²) in [5.41, 5.74) is 1.98. The maximum absolute atomic E-state index is 12.5. The van der Waals surface area contributed by atoms with Gasteiger partial charge in [0.15, 0.2) is 12.3 Å². The Labute approximate surface area is 168 Å². The van der Waals surface area contributed by atoms with E-state index in [9.17, 15) is 18.4 Å². The molecule has 6 nitrogen and oxygen atoms in total. The maximum Gasteiger partial charge on any atom is 0.387 e. The van der Waals surface area contributed by atoms with E-state index in [0.29, 0.717) is 5.56 Å². The van der Waals surface area contributed by atoms with Gasteiger partial charge in [0.25, 0.3) is 5.91 Å². The molecule has 1 fully saturated rings. The van der Waals surface area contributed by atoms with Crippen LogP contribution in [0.5, 0.6) is 5.75 Å². The fourth-order valence-electron chi connectivity index (χ4n) is 3.35. The Balaban J connectivity index is 1.50. The smallest absolute Gasteiger partial charge is 0.387 e. The van der Waals surface area contributed by atoms with Gasteiger partial charge in [-0.2, -0.15) is 8.78 Å². The molecule has 2 aromatic rings. The standard InChI is InChI=1S/C21H23F2N3O3/c1-15(27)16-6-8-17(9-7-16)26-12-10-25(11-13-26)14-20(28)24-18-4-2-3-5-19(18)29-21(22)23/h2-9,21H,10-14H2,1H3,(H,24,28)/p+1. The van der Waals surface area contributed by atoms with Crippen LogP contribution in [0.25, 0.3) is 0 Å². The molecule has 154 valence electrons. The van der Waals surface area contributed by atoms with Crippen molar-refractivity contribution >= 4 is 23.1 Å². The molecule has 3 rings (SSSR count). The van der Waals surface area contributed by atoms with E-state index in [1.807, 2.05) is 24.3 Å². The van der Waals surface area contributed by atoms with Gasteiger partial charge in [-0.3, -0.25) is 9.59 Å². The summed E-state index contributed by atoms with van der Waals surface area (Å²) < 4.78 is 29.4. The van der Waals surface area contributed by atoms with Crippen molar-refractivity contribution in [3.63, 3.8) is 0 Å². The second-order valence-corrected chi connectivity index (χ2v) is 6.94. The number of nitrogens with one attached hydrogen (secondary N) is 2. The predicted octanol–water partition coefficient (Wildman–Crippen LogP) is 1.83. The fraction of sp³-hybridized carbons (Fsp3) is 0.333. The van der Waals surface area contributed by atoms with Crippen LogP contribution in [-0.4, -0.2) is 51.0 Å². The van der Waals surface area contributed by atoms with Gasteiger partial charge >= 0.3 is 6.61 Å². The van der Waals surface area contributed by atoms with Crippen molar-refractivity contribution in [2.24, 2.45) is 0 Å². The zero-order valence-electron chi connectivity index (χ0n) is 16.2. The largest absolute Gasteiger partial charge is 0.433 e. The predicted molar refractivity (Wildman–Crippen MR) is 106 cm³/mol. The number of ketones is 1. The van der Waals surface area contributed by atoms with Crippen molar-refractivity contribution < 1.29 is 28.0 Å². The van der Waals surface area contributed by atoms with Gasteiger partial charge < -0.3 is 19.9 Å². The number of alkyl halides is 2. The van der Waals surface area contributed by atoms with Crippen LogP contribution in [0, 0.1) is 0 Å². The number of benzene rings is 2. The van der Waals surface area contributed by atoms with Gasteiger partial charge in [0.2, 0.25) is 0 Å². The van der Waals surface area contributed by atoms with E-state index >= 15 is 0 Å². The highest BCUT2D eigenvalue weighted by Gasteiger charge is 2.23. The lowest BCUT2D eigenvalue weighted by molar-refractivity contribution is -0.892. The number of carbonyl (C=O) groups is 2. The minimum atomic E-state index is -2.95. The lowest BCUT2D eigenvalue weighted by Crippen LogP contribution is -3.15. The SMILES string of the molecule is CC(=O)c1ccc(N2CC[NH+](CC(=O)Nc3ccccc3OC(F)F)CC2)cc1. The molecule has 0 unspecified atom stereocenters. The molecule has 1 aliphatic rings. The molecule has 1 amide bonds. The summed E-state index contributed by atoms with van der Waals surface area (Å²) in [6.07, 6.45) is 0. The number of hydrogen-bond acceptors (Lipinski definition) is 4. The first-order chi connectivity index (χ1) is 13.9. The van der Waals surface area contributed by atoms with Gasteiger partial charge in [-0.1, -0.05) is 12.1 Å². The van der Waals surface area contributed by atoms with Crippen molar-refractivity contribution in [1.29, 1.82) is 0 Å². The third-order valence-electron chi connectivity index (χ3n) is 4.90. The lowest BCUT2D eigenvalue weighted by Gasteiger charge is -2.33. The molecule has 0 aromatic heterocycles. The number of halogens is 2. The summed E-state index contributed by atoms with van der Waals surface area (Å²) >= 11 is 0. The normalized spacial score (nSPS) is 14.7. The Morgan fingerprint density at radius 2 is 1.76 bits per heavy atom. The maximum atomic E-state index is 12.5. The third-order valence-corrected chi connectivity index (χ3v) is 4.90. The number of anilines is 2. The summed E-state index contributed by atoms with van der Waals surface area (Å²) in [6, 6.07) is 13.7. The first-order valence-electron chi connectivity index (χ1n) is 9.45. The summed E-state index contributed by atoms with van der Waals surface area (Å²) in [7, 11) is 0. The molecule has 8 heteroatoms. The summed E-state index contributed by atoms with van der Waals surface area (Å²) in [5, 5.41) is 2.66. The van der Waals surface area contributed by atoms with Gasteiger partial charge in [0.1, 0.15) is 5.75 Å². The summed E-state index contributed by atoms with van der Waals surface area (Å²) in [5.74, 6) is -0.258. The minimum absolute atomic E-state index is 0.0392. The van der Waals surface area contributed by atoms with Crippen molar-refractivity contribution in [2.75, 3.05) is 42.9 Å². The number of quaternary nitrogens is 1. The Morgan fingerprint density at radius 3 is 2.38 bits per heavy atom. The van der Waals surface area contributed by atoms with Crippen LogP contribution in [0.4, 0.5) is 20.2 Å². The summed E-state index contributed by atoms with van der Waals surface area (Å²) in [6.45, 7) is 1.96. The van der Waals surface area contributed by atoms with Crippen LogP contribution < -0.4 is 19.9 Å². The molecule has 0 saturated carbocycles. The van der Waals surface area contributed by atoms with Crippen LogP contribution in [0.1, 0.15) is 17.3 Å². The Kier molecular flexibility index (Phi) is 6.77. The van der Waals surface area contributed by atoms with Crippen LogP contribution >= 0.6 is 0 Å². The highest BCUT2D eigenvalue weighted by molar-refractivity contribution is 5.94. The molecule has 0 bridgehead atoms. The van der Waals surface area contributed by atoms with Gasteiger partial charge in [-0.05, 0) is 43.3 Å². The molecule has 0 atom stereocenters. The van der Waals surface area contributed by atoms with E-state index in [-0.39, 0.29) is 29.7 Å². The van der Waals surface area contributed by atoms with E-state index in [1.54, 1.807) is 19.1 Å². The highest BCUT2D eigenvalue weighted by Crippen LogP contribution is 2.25. The molecule has 0 radical (unpaired) electrons. The number of nitrogens with zero attached hydrogens (tertiary/aromatic N) is 1. The van der Waals surface area contributed by atoms with Crippen LogP contribution in [0.2, 0.25) is 0 Å². The van der Waals surface area contributed by atoms with Crippen LogP contribution in [-0.2, 0) is 4.79 Å². The molecule has 2 aromatic carbocycles. The van der Waals surface area contributed by atoms with Crippen molar-refractivity contribution in [1.82, 2.24) is 0 Å². The van der Waals surface area contributed by atoms with E-state index in [1.165, 1.54) is 12.1 Å². The second-order valence-electron chi connectivity index (χ2n) is 6.94. The average Bonchev–Trinajstić information content (AvgIpc) is 2.70. The number of para-hydroxylation sites is 2. The Hall–Kier alpha value is -3.00. The van der Waals surface area contributed by atoms with Gasteiger partial charge in [-0.25, -0.2) is 0 Å². The number of piperazine rings is 1. The molecule has 0 spiro atoms. The quantitative estimate of drug-likeness (QED) is 0.692. The van der Waals surface area contributed by atoms with Crippen LogP contribution in [0.3, 0.4) is 0 Å². The molecule has 1 aliphatic heterocycles. The van der Waals surface area contributed by atoms with E-state index in [4.69, 9.17) is 0 Å². The monoisotopic (exact) mass is 404 g/mol. The summed E-state index contributed by atoms with van der Waals surface area (Å²) in [4.78, 5) is 27.1. The van der Waals surface area contributed by atoms with Gasteiger partial charge in [0.05, 0.1) is 31.9 Å². The fourth-order valence-corrected chi connectivity index (χ4v) is 3.35. The number of amides is 1. The molecule has 1 saturated heterocycles. The number of rotatable bonds is 7. The third kappa shape index (κ3) is 5.74. The number of carbonyl (C=O) groups excluding carboxylic acids is 2. The van der Waals surface area contributed by atoms with E-state index in [2.05, 4.69) is 15.0 Å². The van der Waals surface area contributed by atoms with Crippen molar-refractivity contribution in [3.05, 3.63) is 54.1 Å². The molecular formula is C21H24F2N3O3+. The molecule has 1 heterocycles. The first kappa shape index (κ1) is 20.7. The van der Waals surface area contributed by atoms with Crippen molar-refractivity contribution in [2.45, 2.75) is 13.5 Å². The number of Topliss-reactive ketones (excluding diaryl/α,β-unsaturated/α-hetero) is 1. The van der Waals surface area contributed by atoms with E-state index < -0.39 is 6.61 Å². The van der Waals surface area contributed by atoms with Crippen LogP contribution in [0.15, 0.2) is 48.5 Å². The first-order valence-corrected chi connectivity index (χ1v) is 9.45. The van der Waals surface area contributed by atoms with Gasteiger partial charge in [0, 0.05) is 11.3 Å². The average molecular weight is 404 g/mol. The van der Waals surface area contributed by atoms with Gasteiger partial charge in [-0.15, -0.1) is 0 Å². The number of ether oxygens (including phenoxy) is 1. The minimum Gasteiger partial charge on any atom is -0.433 e. The molecule has 2 N–H and O–H groups in total. The Bertz CT molecular complexity index is 851. The topological polar surface area (TPSA) is 63.1 Å². The molecule has 0 aliphatic carbocycles. The highest BCUT2D eigenvalue weighted by atomic mass is 19.3.